The number of nitrogens with one attached hydrogen (secondary N) is 1. The van der Waals surface area contributed by atoms with Crippen LogP contribution in [0, 0.1) is 0 Å². The van der Waals surface area contributed by atoms with Gasteiger partial charge in [0.1, 0.15) is 24.4 Å². The van der Waals surface area contributed by atoms with Crippen molar-refractivity contribution in [3.05, 3.63) is 24.3 Å². The Kier molecular flexibility index (Phi) is 45.9. The molecule has 9 nitrogen and oxygen atoms in total. The molecule has 396 valence electrons. The number of rotatable bonds is 50. The molecular formula is C58H111NO8. The second kappa shape index (κ2) is 48.3. The van der Waals surface area contributed by atoms with Crippen molar-refractivity contribution in [2.75, 3.05) is 13.2 Å². The molecule has 67 heavy (non-hydrogen) atoms. The normalized spacial score (nSPS) is 19.8. The van der Waals surface area contributed by atoms with Crippen molar-refractivity contribution in [1.82, 2.24) is 5.32 Å². The molecule has 1 fully saturated rings. The number of hydrogen-bond donors (Lipinski definition) is 6. The summed E-state index contributed by atoms with van der Waals surface area (Å²) in [6, 6.07) is -0.719. The number of unbranched alkanes of at least 4 members (excludes halogenated alkanes) is 36. The molecule has 1 rings (SSSR count). The van der Waals surface area contributed by atoms with E-state index in [4.69, 9.17) is 9.47 Å². The minimum Gasteiger partial charge on any atom is -0.394 e. The quantitative estimate of drug-likeness (QED) is 0.0261. The predicted octanol–water partition coefficient (Wildman–Crippen LogP) is 14.2. The highest BCUT2D eigenvalue weighted by atomic mass is 16.7. The minimum absolute atomic E-state index is 0.136. The second-order valence-electron chi connectivity index (χ2n) is 20.4. The first-order valence-corrected chi connectivity index (χ1v) is 29.0. The van der Waals surface area contributed by atoms with Crippen molar-refractivity contribution in [3.8, 4) is 0 Å². The van der Waals surface area contributed by atoms with Gasteiger partial charge in [0.2, 0.25) is 5.91 Å². The molecule has 0 saturated carbocycles. The molecule has 1 saturated heterocycles. The van der Waals surface area contributed by atoms with Crippen molar-refractivity contribution in [1.29, 1.82) is 0 Å². The lowest BCUT2D eigenvalue weighted by molar-refractivity contribution is -0.302. The first-order valence-electron chi connectivity index (χ1n) is 29.0. The van der Waals surface area contributed by atoms with Gasteiger partial charge in [-0.1, -0.05) is 256 Å². The molecule has 7 atom stereocenters. The van der Waals surface area contributed by atoms with Crippen LogP contribution >= 0.6 is 0 Å². The molecule has 0 spiro atoms. The van der Waals surface area contributed by atoms with Gasteiger partial charge in [-0.2, -0.15) is 0 Å². The fourth-order valence-electron chi connectivity index (χ4n) is 9.43. The molecule has 9 heteroatoms. The highest BCUT2D eigenvalue weighted by molar-refractivity contribution is 5.76. The van der Waals surface area contributed by atoms with Crippen molar-refractivity contribution in [3.63, 3.8) is 0 Å². The summed E-state index contributed by atoms with van der Waals surface area (Å²) in [5, 5.41) is 54.7. The van der Waals surface area contributed by atoms with Gasteiger partial charge >= 0.3 is 0 Å². The van der Waals surface area contributed by atoms with Crippen LogP contribution in [-0.4, -0.2) is 87.5 Å². The number of aliphatic hydroxyl groups excluding tert-OH is 5. The maximum absolute atomic E-state index is 13.1. The molecule has 7 unspecified atom stereocenters. The maximum atomic E-state index is 13.1. The summed E-state index contributed by atoms with van der Waals surface area (Å²) >= 11 is 0. The highest BCUT2D eigenvalue weighted by Gasteiger charge is 2.44. The zero-order valence-electron chi connectivity index (χ0n) is 43.9. The van der Waals surface area contributed by atoms with E-state index >= 15 is 0 Å². The number of allylic oxidation sites excluding steroid dienone is 4. The molecule has 0 aromatic heterocycles. The maximum Gasteiger partial charge on any atom is 0.220 e. The van der Waals surface area contributed by atoms with Crippen LogP contribution in [0.3, 0.4) is 0 Å². The Morgan fingerprint density at radius 2 is 0.881 bits per heavy atom. The van der Waals surface area contributed by atoms with E-state index in [1.54, 1.807) is 0 Å². The monoisotopic (exact) mass is 950 g/mol. The molecule has 0 bridgehead atoms. The third-order valence-electron chi connectivity index (χ3n) is 14.1. The van der Waals surface area contributed by atoms with Crippen LogP contribution in [-0.2, 0) is 14.3 Å². The molecule has 1 aliphatic rings. The third kappa shape index (κ3) is 38.1. The van der Waals surface area contributed by atoms with Crippen LogP contribution in [0.1, 0.15) is 284 Å². The standard InChI is InChI=1S/C58H111NO8/c1-3-5-7-9-11-13-15-17-19-21-23-25-26-28-30-32-34-36-38-40-42-44-46-48-54(62)59-51(50-66-58-57(65)56(64)55(63)53(49-60)67-58)52(61)47-45-43-41-39-37-35-33-31-29-27-24-22-20-18-16-14-12-10-8-6-4-2/h15,17,21,23,51-53,55-58,60-61,63-65H,3-14,16,18-20,22,24-50H2,1-2H3,(H,59,62)/b17-15-,23-21-. The molecular weight excluding hydrogens is 839 g/mol. The van der Waals surface area contributed by atoms with E-state index in [9.17, 15) is 30.3 Å². The average Bonchev–Trinajstić information content (AvgIpc) is 3.33. The first-order chi connectivity index (χ1) is 32.8. The van der Waals surface area contributed by atoms with Crippen LogP contribution < -0.4 is 5.32 Å². The van der Waals surface area contributed by atoms with Gasteiger partial charge in [0.15, 0.2) is 6.29 Å². The van der Waals surface area contributed by atoms with Gasteiger partial charge in [-0.3, -0.25) is 4.79 Å². The lowest BCUT2D eigenvalue weighted by atomic mass is 9.99. The van der Waals surface area contributed by atoms with E-state index in [1.807, 2.05) is 0 Å². The molecule has 0 radical (unpaired) electrons. The van der Waals surface area contributed by atoms with Crippen LogP contribution in [0.5, 0.6) is 0 Å². The predicted molar refractivity (Wildman–Crippen MR) is 281 cm³/mol. The zero-order valence-corrected chi connectivity index (χ0v) is 43.9. The van der Waals surface area contributed by atoms with Crippen LogP contribution in [0.25, 0.3) is 0 Å². The van der Waals surface area contributed by atoms with Gasteiger partial charge < -0.3 is 40.3 Å². The number of amides is 1. The van der Waals surface area contributed by atoms with Crippen molar-refractivity contribution < 1.29 is 39.8 Å². The topological polar surface area (TPSA) is 149 Å². The number of hydrogen-bond acceptors (Lipinski definition) is 8. The summed E-state index contributed by atoms with van der Waals surface area (Å²) < 4.78 is 11.3. The van der Waals surface area contributed by atoms with Crippen molar-refractivity contribution >= 4 is 5.91 Å². The van der Waals surface area contributed by atoms with Gasteiger partial charge in [0.05, 0.1) is 25.4 Å². The van der Waals surface area contributed by atoms with Crippen molar-refractivity contribution in [2.24, 2.45) is 0 Å². The van der Waals surface area contributed by atoms with Crippen LogP contribution in [0.2, 0.25) is 0 Å². The van der Waals surface area contributed by atoms with E-state index < -0.39 is 49.5 Å². The van der Waals surface area contributed by atoms with Gasteiger partial charge in [-0.15, -0.1) is 0 Å². The summed E-state index contributed by atoms with van der Waals surface area (Å²) in [5.74, 6) is -0.143. The van der Waals surface area contributed by atoms with Gasteiger partial charge in [-0.25, -0.2) is 0 Å². The largest absolute Gasteiger partial charge is 0.394 e. The molecule has 6 N–H and O–H groups in total. The van der Waals surface area contributed by atoms with Gasteiger partial charge in [0.25, 0.3) is 0 Å². The van der Waals surface area contributed by atoms with E-state index in [0.29, 0.717) is 12.8 Å². The van der Waals surface area contributed by atoms with Gasteiger partial charge in [-0.05, 0) is 44.9 Å². The molecule has 1 aliphatic heterocycles. The van der Waals surface area contributed by atoms with Crippen LogP contribution in [0.15, 0.2) is 24.3 Å². The average molecular weight is 951 g/mol. The van der Waals surface area contributed by atoms with E-state index in [0.717, 1.165) is 44.9 Å². The lowest BCUT2D eigenvalue weighted by Gasteiger charge is -2.40. The zero-order chi connectivity index (χ0) is 48.7. The lowest BCUT2D eigenvalue weighted by Crippen LogP contribution is -2.60. The fourth-order valence-corrected chi connectivity index (χ4v) is 9.43. The van der Waals surface area contributed by atoms with Crippen molar-refractivity contribution in [2.45, 2.75) is 326 Å². The van der Waals surface area contributed by atoms with E-state index in [2.05, 4.69) is 43.5 Å². The van der Waals surface area contributed by atoms with Gasteiger partial charge in [0, 0.05) is 6.42 Å². The van der Waals surface area contributed by atoms with Crippen LogP contribution in [0.4, 0.5) is 0 Å². The molecule has 1 heterocycles. The Bertz CT molecular complexity index is 1100. The Morgan fingerprint density at radius 3 is 1.28 bits per heavy atom. The number of ether oxygens (including phenoxy) is 2. The minimum atomic E-state index is -1.55. The Balaban J connectivity index is 2.21. The summed E-state index contributed by atoms with van der Waals surface area (Å²) in [6.07, 6.45) is 53.4. The smallest absolute Gasteiger partial charge is 0.220 e. The molecule has 1 amide bonds. The second-order valence-corrected chi connectivity index (χ2v) is 20.4. The Hall–Kier alpha value is -1.33. The molecule has 0 aliphatic carbocycles. The Labute approximate surface area is 413 Å². The summed E-state index contributed by atoms with van der Waals surface area (Å²) in [5.41, 5.74) is 0. The molecule has 0 aromatic rings. The number of carbonyl (C=O) groups is 1. The fraction of sp³-hybridized carbons (Fsp3) is 0.914. The summed E-state index contributed by atoms with van der Waals surface area (Å²) in [7, 11) is 0. The Morgan fingerprint density at radius 1 is 0.507 bits per heavy atom. The number of carbonyl (C=O) groups excluding carboxylic acids is 1. The molecule has 0 aromatic carbocycles. The van der Waals surface area contributed by atoms with E-state index in [1.165, 1.54) is 212 Å². The third-order valence-corrected chi connectivity index (χ3v) is 14.1. The first kappa shape index (κ1) is 63.7. The van der Waals surface area contributed by atoms with E-state index in [-0.39, 0.29) is 12.5 Å². The SMILES string of the molecule is CCCCCCC/C=C\C/C=C\CCCCCCCCCCCCCC(=O)NC(COC1OC(CO)C(O)C(O)C1O)C(O)CCCCCCCCCCCCCCCCCCCCCCC. The highest BCUT2D eigenvalue weighted by Crippen LogP contribution is 2.23. The number of aliphatic hydroxyl groups is 5. The summed E-state index contributed by atoms with van der Waals surface area (Å²) in [6.45, 7) is 3.86. The summed E-state index contributed by atoms with van der Waals surface area (Å²) in [4.78, 5) is 13.1.